The minimum atomic E-state index is 0.0435. The molecule has 2 amide bonds. The number of aromatic nitrogens is 2. The van der Waals surface area contributed by atoms with Crippen LogP contribution >= 0.6 is 0 Å². The third-order valence-electron chi connectivity index (χ3n) is 5.47. The number of hydrogen-bond donors (Lipinski definition) is 1. The molecule has 2 aromatic rings. The summed E-state index contributed by atoms with van der Waals surface area (Å²) in [5, 5.41) is 0. The van der Waals surface area contributed by atoms with Crippen LogP contribution in [-0.4, -0.2) is 57.3 Å². The molecule has 1 aliphatic rings. The Morgan fingerprint density at radius 2 is 1.41 bits per heavy atom. The molecule has 3 rings (SSSR count). The number of rotatable bonds is 3. The van der Waals surface area contributed by atoms with Gasteiger partial charge in [-0.3, -0.25) is 9.59 Å². The largest absolute Gasteiger partial charge is 0.362 e. The Labute approximate surface area is 161 Å². The molecule has 0 bridgehead atoms. The maximum absolute atomic E-state index is 13.0. The lowest BCUT2D eigenvalue weighted by Crippen LogP contribution is -2.50. The molecule has 2 aromatic heterocycles. The highest BCUT2D eigenvalue weighted by atomic mass is 16.2. The van der Waals surface area contributed by atoms with Gasteiger partial charge in [-0.2, -0.15) is 0 Å². The highest BCUT2D eigenvalue weighted by Gasteiger charge is 2.28. The normalized spacial score (nSPS) is 14.9. The first-order chi connectivity index (χ1) is 12.7. The predicted octanol–water partition coefficient (Wildman–Crippen LogP) is 3.23. The highest BCUT2D eigenvalue weighted by molar-refractivity contribution is 5.97. The van der Waals surface area contributed by atoms with Crippen molar-refractivity contribution < 1.29 is 9.59 Å². The van der Waals surface area contributed by atoms with Gasteiger partial charge in [0.25, 0.3) is 11.8 Å². The molecule has 1 aliphatic heterocycles. The van der Waals surface area contributed by atoms with Crippen molar-refractivity contribution in [2.24, 2.45) is 0 Å². The molecular formula is C21H30N4O2. The summed E-state index contributed by atoms with van der Waals surface area (Å²) in [5.41, 5.74) is 5.52. The van der Waals surface area contributed by atoms with Gasteiger partial charge >= 0.3 is 0 Å². The molecule has 0 spiro atoms. The number of carbonyl (C=O) groups is 2. The highest BCUT2D eigenvalue weighted by Crippen LogP contribution is 2.22. The van der Waals surface area contributed by atoms with Crippen molar-refractivity contribution in [2.45, 2.75) is 47.6 Å². The van der Waals surface area contributed by atoms with Crippen LogP contribution in [0.25, 0.3) is 0 Å². The summed E-state index contributed by atoms with van der Waals surface area (Å²) >= 11 is 0. The predicted molar refractivity (Wildman–Crippen MR) is 106 cm³/mol. The number of amides is 2. The summed E-state index contributed by atoms with van der Waals surface area (Å²) in [7, 11) is 0. The lowest BCUT2D eigenvalue weighted by Gasteiger charge is -2.34. The van der Waals surface area contributed by atoms with Crippen molar-refractivity contribution in [1.29, 1.82) is 0 Å². The van der Waals surface area contributed by atoms with Crippen LogP contribution in [-0.2, 0) is 0 Å². The Morgan fingerprint density at radius 3 is 1.81 bits per heavy atom. The van der Waals surface area contributed by atoms with E-state index in [1.165, 1.54) is 0 Å². The fourth-order valence-corrected chi connectivity index (χ4v) is 4.19. The van der Waals surface area contributed by atoms with E-state index in [-0.39, 0.29) is 11.8 Å². The topological polar surface area (TPSA) is 61.3 Å². The Bertz CT molecular complexity index is 867. The molecule has 0 radical (unpaired) electrons. The minimum Gasteiger partial charge on any atom is -0.362 e. The lowest BCUT2D eigenvalue weighted by atomic mass is 10.1. The Balaban J connectivity index is 1.69. The van der Waals surface area contributed by atoms with Crippen LogP contribution in [0.5, 0.6) is 0 Å². The van der Waals surface area contributed by atoms with E-state index < -0.39 is 0 Å². The molecule has 1 fully saturated rings. The lowest BCUT2D eigenvalue weighted by molar-refractivity contribution is 0.0534. The SMILES string of the molecule is Cc1cc(C(=O)N2CCN(C(=O)c3cc(C)n(C(C)C)c3C)CC2)c(C)[nH]1. The van der Waals surface area contributed by atoms with Gasteiger partial charge in [0.1, 0.15) is 0 Å². The number of hydrogen-bond acceptors (Lipinski definition) is 2. The summed E-state index contributed by atoms with van der Waals surface area (Å²) in [5.74, 6) is 0.109. The van der Waals surface area contributed by atoms with E-state index in [0.717, 1.165) is 33.9 Å². The molecule has 0 saturated carbocycles. The molecule has 1 saturated heterocycles. The molecule has 1 N–H and O–H groups in total. The number of nitrogens with one attached hydrogen (secondary N) is 1. The molecule has 0 unspecified atom stereocenters. The molecule has 6 nitrogen and oxygen atoms in total. The number of piperazine rings is 1. The van der Waals surface area contributed by atoms with E-state index in [4.69, 9.17) is 0 Å². The summed E-state index contributed by atoms with van der Waals surface area (Å²) in [4.78, 5) is 32.7. The number of nitrogens with zero attached hydrogens (tertiary/aromatic N) is 3. The molecule has 0 atom stereocenters. The van der Waals surface area contributed by atoms with Gasteiger partial charge < -0.3 is 19.4 Å². The van der Waals surface area contributed by atoms with Gasteiger partial charge in [0.05, 0.1) is 11.1 Å². The quantitative estimate of drug-likeness (QED) is 0.902. The Kier molecular flexibility index (Phi) is 5.18. The van der Waals surface area contributed by atoms with E-state index >= 15 is 0 Å². The third kappa shape index (κ3) is 3.53. The molecule has 27 heavy (non-hydrogen) atoms. The van der Waals surface area contributed by atoms with E-state index in [9.17, 15) is 9.59 Å². The molecule has 6 heteroatoms. The van der Waals surface area contributed by atoms with Crippen molar-refractivity contribution in [1.82, 2.24) is 19.4 Å². The van der Waals surface area contributed by atoms with Gasteiger partial charge in [-0.05, 0) is 53.7 Å². The van der Waals surface area contributed by atoms with Crippen molar-refractivity contribution >= 4 is 11.8 Å². The maximum Gasteiger partial charge on any atom is 0.255 e. The first-order valence-electron chi connectivity index (χ1n) is 9.64. The zero-order chi connectivity index (χ0) is 19.9. The van der Waals surface area contributed by atoms with Crippen LogP contribution in [0.4, 0.5) is 0 Å². The van der Waals surface area contributed by atoms with E-state index in [1.807, 2.05) is 49.6 Å². The smallest absolute Gasteiger partial charge is 0.255 e. The zero-order valence-electron chi connectivity index (χ0n) is 17.2. The van der Waals surface area contributed by atoms with Crippen molar-refractivity contribution in [2.75, 3.05) is 26.2 Å². The van der Waals surface area contributed by atoms with Crippen molar-refractivity contribution in [3.8, 4) is 0 Å². The summed E-state index contributed by atoms with van der Waals surface area (Å²) in [6.07, 6.45) is 0. The second kappa shape index (κ2) is 7.25. The molecule has 146 valence electrons. The number of H-pyrrole nitrogens is 1. The van der Waals surface area contributed by atoms with Gasteiger partial charge in [0, 0.05) is 55.0 Å². The first kappa shape index (κ1) is 19.3. The first-order valence-corrected chi connectivity index (χ1v) is 9.64. The average Bonchev–Trinajstić information content (AvgIpc) is 3.11. The van der Waals surface area contributed by atoms with Crippen LogP contribution in [0.2, 0.25) is 0 Å². The molecular weight excluding hydrogens is 340 g/mol. The molecule has 0 aromatic carbocycles. The molecule has 0 aliphatic carbocycles. The second-order valence-corrected chi connectivity index (χ2v) is 7.82. The Hall–Kier alpha value is -2.50. The van der Waals surface area contributed by atoms with Crippen LogP contribution in [0.15, 0.2) is 12.1 Å². The second-order valence-electron chi connectivity index (χ2n) is 7.82. The summed E-state index contributed by atoms with van der Waals surface area (Å²) < 4.78 is 2.20. The number of aromatic amines is 1. The Morgan fingerprint density at radius 1 is 0.889 bits per heavy atom. The standard InChI is InChI=1S/C21H30N4O2/c1-13(2)25-15(4)12-19(17(25)6)21(27)24-9-7-23(8-10-24)20(26)18-11-14(3)22-16(18)5/h11-13,22H,7-10H2,1-6H3. The fourth-order valence-electron chi connectivity index (χ4n) is 4.19. The monoisotopic (exact) mass is 370 g/mol. The van der Waals surface area contributed by atoms with E-state index in [1.54, 1.807) is 0 Å². The van der Waals surface area contributed by atoms with Crippen LogP contribution in [0, 0.1) is 27.7 Å². The van der Waals surface area contributed by atoms with Crippen LogP contribution in [0.1, 0.15) is 63.4 Å². The summed E-state index contributed by atoms with van der Waals surface area (Å²) in [6.45, 7) is 14.5. The number of aryl methyl sites for hydroxylation is 3. The van der Waals surface area contributed by atoms with Gasteiger partial charge in [-0.1, -0.05) is 0 Å². The zero-order valence-corrected chi connectivity index (χ0v) is 17.2. The van der Waals surface area contributed by atoms with Gasteiger partial charge in [-0.15, -0.1) is 0 Å². The van der Waals surface area contributed by atoms with Crippen molar-refractivity contribution in [3.63, 3.8) is 0 Å². The van der Waals surface area contributed by atoms with Gasteiger partial charge in [0.15, 0.2) is 0 Å². The third-order valence-corrected chi connectivity index (χ3v) is 5.47. The van der Waals surface area contributed by atoms with E-state index in [2.05, 4.69) is 23.4 Å². The average molecular weight is 370 g/mol. The van der Waals surface area contributed by atoms with Crippen LogP contribution in [0.3, 0.4) is 0 Å². The number of carbonyl (C=O) groups excluding carboxylic acids is 2. The van der Waals surface area contributed by atoms with Crippen LogP contribution < -0.4 is 0 Å². The fraction of sp³-hybridized carbons (Fsp3) is 0.524. The maximum atomic E-state index is 13.0. The molecule has 3 heterocycles. The minimum absolute atomic E-state index is 0.0435. The van der Waals surface area contributed by atoms with Gasteiger partial charge in [-0.25, -0.2) is 0 Å². The van der Waals surface area contributed by atoms with E-state index in [0.29, 0.717) is 32.2 Å². The van der Waals surface area contributed by atoms with Crippen molar-refractivity contribution in [3.05, 3.63) is 46.0 Å². The van der Waals surface area contributed by atoms with Gasteiger partial charge in [0.2, 0.25) is 0 Å². The summed E-state index contributed by atoms with van der Waals surface area (Å²) in [6, 6.07) is 4.21.